The molecule has 0 aromatic heterocycles. The second-order valence-corrected chi connectivity index (χ2v) is 9.07. The molecule has 4 unspecified atom stereocenters. The topological polar surface area (TPSA) is 171 Å². The van der Waals surface area contributed by atoms with Gasteiger partial charge in [0.2, 0.25) is 23.6 Å². The first-order valence-corrected chi connectivity index (χ1v) is 12.3. The monoisotopic (exact) mass is 471 g/mol. The Morgan fingerprint density at radius 1 is 1.09 bits per heavy atom. The van der Waals surface area contributed by atoms with Crippen LogP contribution in [0.4, 0.5) is 0 Å². The molecule has 0 bridgehead atoms. The Hall–Kier alpha value is -2.34. The van der Waals surface area contributed by atoms with E-state index in [1.54, 1.807) is 0 Å². The summed E-state index contributed by atoms with van der Waals surface area (Å²) in [6.45, 7) is 1.03. The highest BCUT2D eigenvalue weighted by Crippen LogP contribution is 2.20. The van der Waals surface area contributed by atoms with Crippen LogP contribution < -0.4 is 21.7 Å². The zero-order valence-corrected chi connectivity index (χ0v) is 19.1. The van der Waals surface area contributed by atoms with Crippen molar-refractivity contribution in [1.29, 1.82) is 0 Å². The molecule has 180 valence electrons. The van der Waals surface area contributed by atoms with E-state index in [-0.39, 0.29) is 25.2 Å². The van der Waals surface area contributed by atoms with Crippen LogP contribution in [0.1, 0.15) is 44.9 Å². The second kappa shape index (κ2) is 12.6. The minimum absolute atomic E-state index is 0.0307. The van der Waals surface area contributed by atoms with E-state index in [9.17, 15) is 29.1 Å². The molecule has 0 aromatic carbocycles. The summed E-state index contributed by atoms with van der Waals surface area (Å²) in [6, 6.07) is -3.25. The second-order valence-electron chi connectivity index (χ2n) is 8.09. The number of nitrogens with one attached hydrogen (secondary N) is 3. The van der Waals surface area contributed by atoms with Gasteiger partial charge in [-0.3, -0.25) is 19.2 Å². The Balaban J connectivity index is 2.08. The van der Waals surface area contributed by atoms with Gasteiger partial charge in [0.15, 0.2) is 0 Å². The van der Waals surface area contributed by atoms with Crippen LogP contribution in [0.2, 0.25) is 0 Å². The quantitative estimate of drug-likeness (QED) is 0.236. The molecule has 0 aliphatic carbocycles. The Kier molecular flexibility index (Phi) is 10.2. The minimum atomic E-state index is -1.13. The maximum Gasteiger partial charge on any atom is 0.326 e. The van der Waals surface area contributed by atoms with Crippen molar-refractivity contribution in [3.8, 4) is 0 Å². The van der Waals surface area contributed by atoms with Crippen LogP contribution in [0.5, 0.6) is 0 Å². The number of primary amides is 1. The Bertz CT molecular complexity index is 715. The lowest BCUT2D eigenvalue weighted by atomic mass is 10.1. The van der Waals surface area contributed by atoms with Crippen molar-refractivity contribution in [3.05, 3.63) is 0 Å². The van der Waals surface area contributed by atoms with Crippen LogP contribution in [0, 0.1) is 0 Å². The molecule has 2 aliphatic rings. The van der Waals surface area contributed by atoms with E-state index >= 15 is 0 Å². The number of carboxylic acid groups (broad SMARTS) is 1. The molecule has 12 heteroatoms. The van der Waals surface area contributed by atoms with Crippen LogP contribution in [-0.4, -0.2) is 88.9 Å². The van der Waals surface area contributed by atoms with Crippen molar-refractivity contribution in [2.24, 2.45) is 5.73 Å². The first kappa shape index (κ1) is 25.9. The number of likely N-dealkylation sites (tertiary alicyclic amines) is 1. The fourth-order valence-corrected chi connectivity index (χ4v) is 4.46. The van der Waals surface area contributed by atoms with Gasteiger partial charge in [-0.2, -0.15) is 11.8 Å². The molecule has 0 saturated carbocycles. The van der Waals surface area contributed by atoms with E-state index in [2.05, 4.69) is 16.0 Å². The standard InChI is InChI=1S/C20H33N5O6S/c1-32-11-8-14(20(30)31)24-18(28)15-5-3-10-25(15)19(29)13(6-7-16(21)26)23-17(27)12-4-2-9-22-12/h12-15,22H,2-11H2,1H3,(H2,21,26)(H,23,27)(H,24,28)(H,30,31). The average molecular weight is 472 g/mol. The van der Waals surface area contributed by atoms with Gasteiger partial charge < -0.3 is 31.7 Å². The fourth-order valence-electron chi connectivity index (χ4n) is 3.99. The van der Waals surface area contributed by atoms with Crippen molar-refractivity contribution in [1.82, 2.24) is 20.9 Å². The number of carbonyl (C=O) groups is 5. The summed E-state index contributed by atoms with van der Waals surface area (Å²) in [7, 11) is 0. The highest BCUT2D eigenvalue weighted by Gasteiger charge is 2.39. The molecule has 4 amide bonds. The third kappa shape index (κ3) is 7.37. The van der Waals surface area contributed by atoms with E-state index in [1.807, 2.05) is 6.26 Å². The Labute approximate surface area is 191 Å². The lowest BCUT2D eigenvalue weighted by Gasteiger charge is -2.30. The molecule has 2 fully saturated rings. The number of nitrogens with two attached hydrogens (primary N) is 1. The molecular formula is C20H33N5O6S. The van der Waals surface area contributed by atoms with Gasteiger partial charge >= 0.3 is 5.97 Å². The van der Waals surface area contributed by atoms with Crippen molar-refractivity contribution >= 4 is 41.4 Å². The van der Waals surface area contributed by atoms with E-state index in [1.165, 1.54) is 16.7 Å². The van der Waals surface area contributed by atoms with Gasteiger partial charge in [-0.05, 0) is 57.1 Å². The normalized spacial score (nSPS) is 22.2. The predicted molar refractivity (Wildman–Crippen MR) is 119 cm³/mol. The highest BCUT2D eigenvalue weighted by molar-refractivity contribution is 7.98. The van der Waals surface area contributed by atoms with Crippen molar-refractivity contribution in [2.45, 2.75) is 69.1 Å². The van der Waals surface area contributed by atoms with Crippen molar-refractivity contribution < 1.29 is 29.1 Å². The van der Waals surface area contributed by atoms with Crippen LogP contribution in [0.15, 0.2) is 0 Å². The van der Waals surface area contributed by atoms with Gasteiger partial charge in [-0.15, -0.1) is 0 Å². The summed E-state index contributed by atoms with van der Waals surface area (Å²) < 4.78 is 0. The van der Waals surface area contributed by atoms with Gasteiger partial charge in [0.1, 0.15) is 18.1 Å². The number of nitrogens with zero attached hydrogens (tertiary/aromatic N) is 1. The van der Waals surface area contributed by atoms with Gasteiger partial charge in [0, 0.05) is 13.0 Å². The largest absolute Gasteiger partial charge is 0.480 e. The SMILES string of the molecule is CSCCC(NC(=O)C1CCCN1C(=O)C(CCC(N)=O)NC(=O)C1CCCN1)C(=O)O. The van der Waals surface area contributed by atoms with Crippen molar-refractivity contribution in [3.63, 3.8) is 0 Å². The molecule has 0 radical (unpaired) electrons. The molecule has 2 rings (SSSR count). The Morgan fingerprint density at radius 2 is 1.81 bits per heavy atom. The third-order valence-corrected chi connectivity index (χ3v) is 6.38. The lowest BCUT2D eigenvalue weighted by Crippen LogP contribution is -2.56. The predicted octanol–water partition coefficient (Wildman–Crippen LogP) is -1.20. The molecule has 0 spiro atoms. The highest BCUT2D eigenvalue weighted by atomic mass is 32.2. The van der Waals surface area contributed by atoms with E-state index in [0.29, 0.717) is 38.1 Å². The molecule has 4 atom stereocenters. The van der Waals surface area contributed by atoms with Gasteiger partial charge in [-0.25, -0.2) is 4.79 Å². The molecular weight excluding hydrogens is 438 g/mol. The smallest absolute Gasteiger partial charge is 0.326 e. The number of hydrogen-bond acceptors (Lipinski definition) is 7. The maximum absolute atomic E-state index is 13.3. The van der Waals surface area contributed by atoms with E-state index in [4.69, 9.17) is 5.73 Å². The van der Waals surface area contributed by atoms with Crippen LogP contribution in [0.3, 0.4) is 0 Å². The Morgan fingerprint density at radius 3 is 2.41 bits per heavy atom. The number of carbonyl (C=O) groups excluding carboxylic acids is 4. The summed E-state index contributed by atoms with van der Waals surface area (Å²) in [5.41, 5.74) is 5.24. The fraction of sp³-hybridized carbons (Fsp3) is 0.750. The average Bonchev–Trinajstić information content (AvgIpc) is 3.45. The number of rotatable bonds is 12. The summed E-state index contributed by atoms with van der Waals surface area (Å²) in [4.78, 5) is 62.7. The molecule has 11 nitrogen and oxygen atoms in total. The van der Waals surface area contributed by atoms with Crippen LogP contribution in [0.25, 0.3) is 0 Å². The van der Waals surface area contributed by atoms with E-state index in [0.717, 1.165) is 6.42 Å². The molecule has 2 heterocycles. The van der Waals surface area contributed by atoms with Gasteiger partial charge in [0.25, 0.3) is 0 Å². The van der Waals surface area contributed by atoms with Crippen LogP contribution in [-0.2, 0) is 24.0 Å². The van der Waals surface area contributed by atoms with E-state index < -0.39 is 47.9 Å². The minimum Gasteiger partial charge on any atom is -0.480 e. The number of thioether (sulfide) groups is 1. The third-order valence-electron chi connectivity index (χ3n) is 5.73. The van der Waals surface area contributed by atoms with Gasteiger partial charge in [-0.1, -0.05) is 0 Å². The van der Waals surface area contributed by atoms with Gasteiger partial charge in [0.05, 0.1) is 6.04 Å². The van der Waals surface area contributed by atoms with Crippen LogP contribution >= 0.6 is 11.8 Å². The number of hydrogen-bond donors (Lipinski definition) is 5. The molecule has 32 heavy (non-hydrogen) atoms. The first-order chi connectivity index (χ1) is 15.2. The molecule has 6 N–H and O–H groups in total. The zero-order chi connectivity index (χ0) is 23.7. The first-order valence-electron chi connectivity index (χ1n) is 10.9. The maximum atomic E-state index is 13.3. The molecule has 2 saturated heterocycles. The summed E-state index contributed by atoms with van der Waals surface area (Å²) in [6.07, 6.45) is 4.55. The lowest BCUT2D eigenvalue weighted by molar-refractivity contribution is -0.145. The zero-order valence-electron chi connectivity index (χ0n) is 18.3. The summed E-state index contributed by atoms with van der Waals surface area (Å²) in [5.74, 6) is -2.47. The molecule has 0 aromatic rings. The molecule has 2 aliphatic heterocycles. The number of aliphatic carboxylic acids is 1. The summed E-state index contributed by atoms with van der Waals surface area (Å²) >= 11 is 1.48. The van der Waals surface area contributed by atoms with Crippen molar-refractivity contribution in [2.75, 3.05) is 25.1 Å². The number of amides is 4. The number of carboxylic acids is 1. The summed E-state index contributed by atoms with van der Waals surface area (Å²) in [5, 5.41) is 17.7.